The van der Waals surface area contributed by atoms with Crippen LogP contribution in [0.3, 0.4) is 0 Å². The summed E-state index contributed by atoms with van der Waals surface area (Å²) in [6.07, 6.45) is 7.00. The van der Waals surface area contributed by atoms with E-state index in [1.807, 2.05) is 0 Å². The van der Waals surface area contributed by atoms with Crippen LogP contribution < -0.4 is 0 Å². The van der Waals surface area contributed by atoms with Gasteiger partial charge in [-0.25, -0.2) is 8.42 Å². The minimum Gasteiger partial charge on any atom is -0.726 e. The maximum absolute atomic E-state index is 8.63. The zero-order valence-corrected chi connectivity index (χ0v) is 11.6. The molecule has 0 aromatic heterocycles. The molecule has 0 aromatic carbocycles. The summed E-state index contributed by atoms with van der Waals surface area (Å²) in [4.78, 5) is 0. The van der Waals surface area contributed by atoms with E-state index in [4.69, 9.17) is 17.5 Å². The summed E-state index contributed by atoms with van der Waals surface area (Å²) < 4.78 is 34.0. The average Bonchev–Trinajstić information content (AvgIpc) is 1.98. The summed E-state index contributed by atoms with van der Waals surface area (Å²) in [5.74, 6) is 0. The minimum absolute atomic E-state index is 1.12. The van der Waals surface area contributed by atoms with Crippen molar-refractivity contribution in [3.8, 4) is 0 Å². The Morgan fingerprint density at radius 3 is 1.75 bits per heavy atom. The Morgan fingerprint density at radius 1 is 1.06 bits per heavy atom. The maximum atomic E-state index is 8.63. The summed E-state index contributed by atoms with van der Waals surface area (Å²) >= 11 is 0. The molecule has 0 aliphatic rings. The predicted molar refractivity (Wildman–Crippen MR) is 64.0 cm³/mol. The second-order valence-corrected chi connectivity index (χ2v) is 5.71. The van der Waals surface area contributed by atoms with E-state index in [-0.39, 0.29) is 0 Å². The number of nitrogens with zero attached hydrogens (tertiary/aromatic N) is 1. The Balaban J connectivity index is 0. The molecule has 0 amide bonds. The lowest BCUT2D eigenvalue weighted by Crippen LogP contribution is -2.35. The highest BCUT2D eigenvalue weighted by molar-refractivity contribution is 7.79. The van der Waals surface area contributed by atoms with Crippen LogP contribution in [0.15, 0.2) is 0 Å². The zero-order chi connectivity index (χ0) is 13.2. The highest BCUT2D eigenvalue weighted by atomic mass is 32.3. The van der Waals surface area contributed by atoms with Crippen LogP contribution in [0.1, 0.15) is 39.0 Å². The van der Waals surface area contributed by atoms with Crippen LogP contribution in [0, 0.1) is 0 Å². The maximum Gasteiger partial charge on any atom is 0.215 e. The van der Waals surface area contributed by atoms with Crippen molar-refractivity contribution in [3.05, 3.63) is 0 Å². The molecule has 0 spiro atoms. The van der Waals surface area contributed by atoms with Crippen molar-refractivity contribution >= 4 is 10.4 Å². The van der Waals surface area contributed by atoms with Gasteiger partial charge in [0.05, 0.1) is 27.7 Å². The molecule has 0 aliphatic carbocycles. The summed E-state index contributed by atoms with van der Waals surface area (Å²) in [5, 5.41) is 0. The topological polar surface area (TPSA) is 77.4 Å². The second kappa shape index (κ2) is 8.92. The number of unbranched alkanes of at least 4 members (excludes halogenated alkanes) is 4. The van der Waals surface area contributed by atoms with E-state index in [1.165, 1.54) is 38.6 Å². The Morgan fingerprint density at radius 2 is 1.44 bits per heavy atom. The lowest BCUT2D eigenvalue weighted by atomic mass is 10.1. The number of hydrogen-bond acceptors (Lipinski definition) is 3. The first-order valence-electron chi connectivity index (χ1n) is 5.55. The van der Waals surface area contributed by atoms with E-state index < -0.39 is 10.4 Å². The Bertz CT molecular complexity index is 236. The molecular weight excluding hydrogens is 230 g/mol. The van der Waals surface area contributed by atoms with Gasteiger partial charge in [0, 0.05) is 0 Å². The number of rotatable bonds is 6. The molecular formula is C10H25NO4S. The highest BCUT2D eigenvalue weighted by Gasteiger charge is 2.04. The lowest BCUT2D eigenvalue weighted by Gasteiger charge is -2.23. The number of hydrogen-bond donors (Lipinski definition) is 1. The summed E-state index contributed by atoms with van der Waals surface area (Å²) in [6.45, 7) is 3.59. The van der Waals surface area contributed by atoms with E-state index in [0.717, 1.165) is 4.48 Å². The summed E-state index contributed by atoms with van der Waals surface area (Å²) in [5.41, 5.74) is 0. The summed E-state index contributed by atoms with van der Waals surface area (Å²) in [7, 11) is 1.87. The molecule has 0 heterocycles. The standard InChI is InChI=1S/C10H24N.H2O4S/c1-5-6-7-8-9-10-11(2,3)4;1-5(2,3)4/h5-10H2,1-4H3;(H2,1,2,3,4)/q+1;/p-1. The first-order valence-corrected chi connectivity index (χ1v) is 6.91. The molecule has 16 heavy (non-hydrogen) atoms. The molecule has 0 atom stereocenters. The van der Waals surface area contributed by atoms with Gasteiger partial charge >= 0.3 is 0 Å². The molecule has 0 rings (SSSR count). The van der Waals surface area contributed by atoms with Crippen LogP contribution in [0.4, 0.5) is 0 Å². The van der Waals surface area contributed by atoms with Gasteiger partial charge in [-0.15, -0.1) is 0 Å². The fourth-order valence-corrected chi connectivity index (χ4v) is 1.19. The lowest BCUT2D eigenvalue weighted by molar-refractivity contribution is -0.870. The molecule has 0 aliphatic heterocycles. The van der Waals surface area contributed by atoms with Gasteiger partial charge in [0.25, 0.3) is 0 Å². The third-order valence-electron chi connectivity index (χ3n) is 1.93. The Hall–Kier alpha value is -0.170. The molecule has 6 heteroatoms. The third-order valence-corrected chi connectivity index (χ3v) is 1.93. The van der Waals surface area contributed by atoms with E-state index >= 15 is 0 Å². The SMILES string of the molecule is CCCCCCC[N+](C)(C)C.O=S(=O)([O-])O. The molecule has 0 fully saturated rings. The number of quaternary nitrogens is 1. The van der Waals surface area contributed by atoms with Crippen LogP contribution in [0.25, 0.3) is 0 Å². The van der Waals surface area contributed by atoms with Gasteiger partial charge in [0.1, 0.15) is 0 Å². The van der Waals surface area contributed by atoms with Gasteiger partial charge in [0.2, 0.25) is 10.4 Å². The Kier molecular flexibility index (Phi) is 10.2. The van der Waals surface area contributed by atoms with Crippen molar-refractivity contribution in [2.75, 3.05) is 27.7 Å². The second-order valence-electron chi connectivity index (χ2n) is 4.86. The van der Waals surface area contributed by atoms with Crippen molar-refractivity contribution in [2.45, 2.75) is 39.0 Å². The van der Waals surface area contributed by atoms with E-state index in [9.17, 15) is 0 Å². The van der Waals surface area contributed by atoms with Crippen LogP contribution in [-0.4, -0.2) is 49.7 Å². The highest BCUT2D eigenvalue weighted by Crippen LogP contribution is 2.04. The van der Waals surface area contributed by atoms with Crippen molar-refractivity contribution < 1.29 is 22.0 Å². The van der Waals surface area contributed by atoms with Gasteiger partial charge in [0.15, 0.2) is 0 Å². The zero-order valence-electron chi connectivity index (χ0n) is 10.8. The molecule has 0 saturated heterocycles. The predicted octanol–water partition coefficient (Wildman–Crippen LogP) is 1.67. The van der Waals surface area contributed by atoms with Gasteiger partial charge in [-0.2, -0.15) is 0 Å². The van der Waals surface area contributed by atoms with Crippen molar-refractivity contribution in [2.24, 2.45) is 0 Å². The van der Waals surface area contributed by atoms with Gasteiger partial charge in [-0.05, 0) is 12.8 Å². The molecule has 0 bridgehead atoms. The monoisotopic (exact) mass is 255 g/mol. The summed E-state index contributed by atoms with van der Waals surface area (Å²) in [6, 6.07) is 0. The molecule has 0 aromatic rings. The minimum atomic E-state index is -4.92. The largest absolute Gasteiger partial charge is 0.726 e. The van der Waals surface area contributed by atoms with E-state index in [2.05, 4.69) is 28.1 Å². The average molecular weight is 255 g/mol. The van der Waals surface area contributed by atoms with Crippen LogP contribution in [0.2, 0.25) is 0 Å². The molecule has 100 valence electrons. The quantitative estimate of drug-likeness (QED) is 0.339. The first-order chi connectivity index (χ1) is 7.06. The molecule has 0 unspecified atom stereocenters. The molecule has 0 saturated carbocycles. The van der Waals surface area contributed by atoms with Crippen molar-refractivity contribution in [1.82, 2.24) is 0 Å². The fourth-order valence-electron chi connectivity index (χ4n) is 1.19. The van der Waals surface area contributed by atoms with E-state index in [0.29, 0.717) is 0 Å². The molecule has 5 nitrogen and oxygen atoms in total. The van der Waals surface area contributed by atoms with Crippen LogP contribution in [0.5, 0.6) is 0 Å². The van der Waals surface area contributed by atoms with Crippen LogP contribution in [-0.2, 0) is 10.4 Å². The van der Waals surface area contributed by atoms with Gasteiger partial charge in [-0.3, -0.25) is 4.55 Å². The first kappa shape index (κ1) is 18.2. The normalized spacial score (nSPS) is 11.9. The third kappa shape index (κ3) is 37.1. The molecule has 0 radical (unpaired) electrons. The van der Waals surface area contributed by atoms with Gasteiger partial charge in [-0.1, -0.05) is 26.2 Å². The van der Waals surface area contributed by atoms with Crippen molar-refractivity contribution in [1.29, 1.82) is 0 Å². The fraction of sp³-hybridized carbons (Fsp3) is 1.00. The molecule has 1 N–H and O–H groups in total. The van der Waals surface area contributed by atoms with E-state index in [1.54, 1.807) is 0 Å². The Labute approximate surface area is 99.6 Å². The smallest absolute Gasteiger partial charge is 0.215 e. The van der Waals surface area contributed by atoms with Crippen molar-refractivity contribution in [3.63, 3.8) is 0 Å². The van der Waals surface area contributed by atoms with Crippen LogP contribution >= 0.6 is 0 Å². The van der Waals surface area contributed by atoms with Gasteiger partial charge < -0.3 is 9.04 Å².